The first-order valence-corrected chi connectivity index (χ1v) is 7.01. The van der Waals surface area contributed by atoms with Crippen LogP contribution >= 0.6 is 0 Å². The van der Waals surface area contributed by atoms with Crippen LogP contribution in [-0.2, 0) is 13.1 Å². The maximum absolute atomic E-state index is 6.04. The molecule has 0 amide bonds. The quantitative estimate of drug-likeness (QED) is 0.745. The van der Waals surface area contributed by atoms with Gasteiger partial charge in [-0.2, -0.15) is 0 Å². The number of imidazole rings is 1. The summed E-state index contributed by atoms with van der Waals surface area (Å²) in [5, 5.41) is 7.74. The second-order valence-corrected chi connectivity index (χ2v) is 4.70. The molecule has 2 heterocycles. The zero-order chi connectivity index (χ0) is 14.7. The summed E-state index contributed by atoms with van der Waals surface area (Å²) in [4.78, 5) is 4.43. The predicted molar refractivity (Wildman–Crippen MR) is 80.0 cm³/mol. The van der Waals surface area contributed by atoms with Crippen LogP contribution in [0.1, 0.15) is 13.3 Å². The minimum absolute atomic E-state index is 0.510. The standard InChI is InChI=1S/C14H18N6O/c1-2-21-12-6-3-5-11-13(12)17-14(15)20(11)9-4-8-19-10-7-16-18-19/h3,5-7,10H,2,4,8-9H2,1H3,(H2,15,17). The molecule has 0 spiro atoms. The van der Waals surface area contributed by atoms with Crippen LogP contribution in [0.5, 0.6) is 5.75 Å². The normalized spacial score (nSPS) is 11.1. The number of aromatic nitrogens is 5. The molecule has 0 saturated carbocycles. The van der Waals surface area contributed by atoms with Crippen LogP contribution in [-0.4, -0.2) is 31.2 Å². The Bertz CT molecular complexity index is 718. The van der Waals surface area contributed by atoms with Crippen LogP contribution in [0.25, 0.3) is 11.0 Å². The van der Waals surface area contributed by atoms with Gasteiger partial charge < -0.3 is 15.0 Å². The number of para-hydroxylation sites is 1. The van der Waals surface area contributed by atoms with Gasteiger partial charge in [0.15, 0.2) is 0 Å². The van der Waals surface area contributed by atoms with E-state index in [1.807, 2.05) is 35.9 Å². The van der Waals surface area contributed by atoms with Crippen molar-refractivity contribution in [2.45, 2.75) is 26.4 Å². The van der Waals surface area contributed by atoms with Crippen molar-refractivity contribution < 1.29 is 4.74 Å². The summed E-state index contributed by atoms with van der Waals surface area (Å²) in [6.07, 6.45) is 4.43. The third kappa shape index (κ3) is 2.67. The van der Waals surface area contributed by atoms with Crippen molar-refractivity contribution in [1.29, 1.82) is 0 Å². The smallest absolute Gasteiger partial charge is 0.201 e. The van der Waals surface area contributed by atoms with Gasteiger partial charge in [-0.15, -0.1) is 5.10 Å². The summed E-state index contributed by atoms with van der Waals surface area (Å²) in [6, 6.07) is 5.89. The van der Waals surface area contributed by atoms with Crippen molar-refractivity contribution in [2.75, 3.05) is 12.3 Å². The number of ether oxygens (including phenoxy) is 1. The van der Waals surface area contributed by atoms with Gasteiger partial charge in [0, 0.05) is 19.3 Å². The minimum atomic E-state index is 0.510. The zero-order valence-corrected chi connectivity index (χ0v) is 11.9. The molecule has 0 unspecified atom stereocenters. The molecule has 0 aliphatic rings. The van der Waals surface area contributed by atoms with Crippen molar-refractivity contribution in [3.05, 3.63) is 30.6 Å². The first-order chi connectivity index (χ1) is 10.3. The van der Waals surface area contributed by atoms with Crippen molar-refractivity contribution in [3.63, 3.8) is 0 Å². The molecule has 7 nitrogen and oxygen atoms in total. The Morgan fingerprint density at radius 3 is 2.95 bits per heavy atom. The SMILES string of the molecule is CCOc1cccc2c1nc(N)n2CCCn1ccnn1. The molecule has 3 rings (SSSR count). The fourth-order valence-corrected chi connectivity index (χ4v) is 2.39. The lowest BCUT2D eigenvalue weighted by atomic mass is 10.3. The van der Waals surface area contributed by atoms with E-state index in [2.05, 4.69) is 15.3 Å². The highest BCUT2D eigenvalue weighted by atomic mass is 16.5. The van der Waals surface area contributed by atoms with Gasteiger partial charge in [0.25, 0.3) is 0 Å². The summed E-state index contributed by atoms with van der Waals surface area (Å²) in [5.74, 6) is 1.28. The number of aryl methyl sites for hydroxylation is 2. The van der Waals surface area contributed by atoms with Gasteiger partial charge in [-0.1, -0.05) is 11.3 Å². The number of anilines is 1. The van der Waals surface area contributed by atoms with Crippen molar-refractivity contribution in [1.82, 2.24) is 24.5 Å². The van der Waals surface area contributed by atoms with Crippen LogP contribution < -0.4 is 10.5 Å². The second-order valence-electron chi connectivity index (χ2n) is 4.70. The number of benzene rings is 1. The number of nitrogen functional groups attached to an aromatic ring is 1. The average molecular weight is 286 g/mol. The van der Waals surface area contributed by atoms with Gasteiger partial charge in [0.2, 0.25) is 5.95 Å². The Hall–Kier alpha value is -2.57. The lowest BCUT2D eigenvalue weighted by molar-refractivity contribution is 0.343. The molecule has 0 bridgehead atoms. The maximum Gasteiger partial charge on any atom is 0.201 e. The number of fused-ring (bicyclic) bond motifs is 1. The first-order valence-electron chi connectivity index (χ1n) is 7.01. The van der Waals surface area contributed by atoms with E-state index in [9.17, 15) is 0 Å². The summed E-state index contributed by atoms with van der Waals surface area (Å²) in [7, 11) is 0. The lowest BCUT2D eigenvalue weighted by Crippen LogP contribution is -2.07. The number of nitrogens with zero attached hydrogens (tertiary/aromatic N) is 5. The Labute approximate surface area is 122 Å². The minimum Gasteiger partial charge on any atom is -0.492 e. The van der Waals surface area contributed by atoms with Gasteiger partial charge in [0.05, 0.1) is 18.3 Å². The van der Waals surface area contributed by atoms with Crippen LogP contribution in [0, 0.1) is 0 Å². The Morgan fingerprint density at radius 2 is 2.19 bits per heavy atom. The Balaban J connectivity index is 1.81. The van der Waals surface area contributed by atoms with Gasteiger partial charge in [-0.3, -0.25) is 4.68 Å². The highest BCUT2D eigenvalue weighted by Crippen LogP contribution is 2.27. The summed E-state index contributed by atoms with van der Waals surface area (Å²) in [6.45, 7) is 4.14. The zero-order valence-electron chi connectivity index (χ0n) is 11.9. The fourth-order valence-electron chi connectivity index (χ4n) is 2.39. The molecule has 1 aromatic carbocycles. The third-order valence-electron chi connectivity index (χ3n) is 3.31. The van der Waals surface area contributed by atoms with E-state index in [0.29, 0.717) is 12.6 Å². The van der Waals surface area contributed by atoms with Crippen molar-refractivity contribution in [3.8, 4) is 5.75 Å². The molecule has 110 valence electrons. The van der Waals surface area contributed by atoms with Crippen LogP contribution in [0.15, 0.2) is 30.6 Å². The molecule has 0 radical (unpaired) electrons. The molecular weight excluding hydrogens is 268 g/mol. The number of nitrogens with two attached hydrogens (primary N) is 1. The molecule has 3 aromatic rings. The van der Waals surface area contributed by atoms with E-state index in [1.165, 1.54) is 0 Å². The summed E-state index contributed by atoms with van der Waals surface area (Å²) in [5.41, 5.74) is 7.85. The molecule has 7 heteroatoms. The Kier molecular flexibility index (Phi) is 3.72. The lowest BCUT2D eigenvalue weighted by Gasteiger charge is -2.07. The average Bonchev–Trinajstić information content (AvgIpc) is 3.09. The molecule has 0 aliphatic heterocycles. The summed E-state index contributed by atoms with van der Waals surface area (Å²) >= 11 is 0. The molecule has 2 aromatic heterocycles. The fraction of sp³-hybridized carbons (Fsp3) is 0.357. The van der Waals surface area contributed by atoms with E-state index >= 15 is 0 Å². The molecule has 0 fully saturated rings. The van der Waals surface area contributed by atoms with E-state index in [4.69, 9.17) is 10.5 Å². The van der Waals surface area contributed by atoms with E-state index < -0.39 is 0 Å². The highest BCUT2D eigenvalue weighted by molar-refractivity contribution is 5.84. The molecule has 2 N–H and O–H groups in total. The number of hydrogen-bond acceptors (Lipinski definition) is 5. The van der Waals surface area contributed by atoms with Gasteiger partial charge >= 0.3 is 0 Å². The monoisotopic (exact) mass is 286 g/mol. The molecule has 0 saturated heterocycles. The van der Waals surface area contributed by atoms with E-state index in [1.54, 1.807) is 10.9 Å². The Morgan fingerprint density at radius 1 is 1.29 bits per heavy atom. The van der Waals surface area contributed by atoms with Crippen molar-refractivity contribution >= 4 is 17.0 Å². The van der Waals surface area contributed by atoms with E-state index in [0.717, 1.165) is 36.3 Å². The van der Waals surface area contributed by atoms with Gasteiger partial charge in [0.1, 0.15) is 11.3 Å². The highest BCUT2D eigenvalue weighted by Gasteiger charge is 2.11. The molecule has 21 heavy (non-hydrogen) atoms. The van der Waals surface area contributed by atoms with Crippen molar-refractivity contribution in [2.24, 2.45) is 0 Å². The third-order valence-corrected chi connectivity index (χ3v) is 3.31. The van der Waals surface area contributed by atoms with Crippen LogP contribution in [0.3, 0.4) is 0 Å². The van der Waals surface area contributed by atoms with Gasteiger partial charge in [-0.25, -0.2) is 4.98 Å². The maximum atomic E-state index is 6.04. The van der Waals surface area contributed by atoms with Crippen LogP contribution in [0.4, 0.5) is 5.95 Å². The largest absolute Gasteiger partial charge is 0.492 e. The van der Waals surface area contributed by atoms with Crippen LogP contribution in [0.2, 0.25) is 0 Å². The second kappa shape index (κ2) is 5.82. The molecule has 0 atom stereocenters. The van der Waals surface area contributed by atoms with Gasteiger partial charge in [-0.05, 0) is 25.5 Å². The molecule has 0 aliphatic carbocycles. The topological polar surface area (TPSA) is 83.8 Å². The number of rotatable bonds is 6. The van der Waals surface area contributed by atoms with E-state index in [-0.39, 0.29) is 0 Å². The molecular formula is C14H18N6O. The predicted octanol–water partition coefficient (Wildman–Crippen LogP) is 1.70. The summed E-state index contributed by atoms with van der Waals surface area (Å²) < 4.78 is 9.41. The first kappa shape index (κ1) is 13.4. The number of hydrogen-bond donors (Lipinski definition) is 1.